The van der Waals surface area contributed by atoms with Crippen molar-refractivity contribution < 1.29 is 13.9 Å². The predicted octanol–water partition coefficient (Wildman–Crippen LogP) is 3.27. The lowest BCUT2D eigenvalue weighted by Crippen LogP contribution is -2.46. The molecule has 1 atom stereocenters. The summed E-state index contributed by atoms with van der Waals surface area (Å²) in [7, 11) is 1.57. The zero-order valence-corrected chi connectivity index (χ0v) is 15.1. The Morgan fingerprint density at radius 1 is 1.19 bits per heavy atom. The number of carbonyl (C=O) groups is 1. The molecule has 1 aliphatic heterocycles. The molecule has 3 N–H and O–H groups in total. The molecule has 26 heavy (non-hydrogen) atoms. The first-order valence-corrected chi connectivity index (χ1v) is 8.38. The minimum atomic E-state index is -0.678. The molecule has 0 fully saturated rings. The van der Waals surface area contributed by atoms with Crippen LogP contribution in [0.15, 0.2) is 59.8 Å². The first kappa shape index (κ1) is 17.9. The van der Waals surface area contributed by atoms with E-state index in [1.54, 1.807) is 56.5 Å². The number of methoxy groups -OCH3 is 1. The van der Waals surface area contributed by atoms with Gasteiger partial charge in [0.25, 0.3) is 5.91 Å². The van der Waals surface area contributed by atoms with Gasteiger partial charge in [0.1, 0.15) is 11.6 Å². The maximum absolute atomic E-state index is 14.3. The van der Waals surface area contributed by atoms with Gasteiger partial charge in [-0.2, -0.15) is 0 Å². The minimum absolute atomic E-state index is 0.344. The van der Waals surface area contributed by atoms with Crippen LogP contribution < -0.4 is 20.7 Å². The Bertz CT molecular complexity index is 881. The molecule has 0 radical (unpaired) electrons. The third kappa shape index (κ3) is 3.67. The number of benzene rings is 2. The number of ether oxygens (including phenoxy) is 1. The Balaban J connectivity index is 1.93. The lowest BCUT2D eigenvalue weighted by Gasteiger charge is -2.30. The number of nitrogens with one attached hydrogen (secondary N) is 3. The van der Waals surface area contributed by atoms with Gasteiger partial charge >= 0.3 is 0 Å². The number of halogens is 1. The van der Waals surface area contributed by atoms with Crippen LogP contribution in [0.1, 0.15) is 18.5 Å². The van der Waals surface area contributed by atoms with Gasteiger partial charge in [0.05, 0.1) is 18.7 Å². The highest BCUT2D eigenvalue weighted by Crippen LogP contribution is 2.29. The second kappa shape index (κ2) is 7.53. The highest BCUT2D eigenvalue weighted by molar-refractivity contribution is 7.80. The maximum Gasteiger partial charge on any atom is 0.255 e. The number of amides is 1. The quantitative estimate of drug-likeness (QED) is 0.720. The first-order chi connectivity index (χ1) is 12.5. The fraction of sp³-hybridized carbons (Fsp3) is 0.158. The number of thiocarbonyl (C=S) groups is 1. The lowest BCUT2D eigenvalue weighted by molar-refractivity contribution is -0.113. The Labute approximate surface area is 156 Å². The molecule has 0 unspecified atom stereocenters. The number of rotatable bonds is 4. The third-order valence-electron chi connectivity index (χ3n) is 4.08. The monoisotopic (exact) mass is 371 g/mol. The highest BCUT2D eigenvalue weighted by Gasteiger charge is 2.31. The van der Waals surface area contributed by atoms with Gasteiger partial charge in [0.2, 0.25) is 0 Å². The van der Waals surface area contributed by atoms with Gasteiger partial charge in [-0.1, -0.05) is 18.2 Å². The second-order valence-corrected chi connectivity index (χ2v) is 6.18. The van der Waals surface area contributed by atoms with Crippen LogP contribution in [0, 0.1) is 5.82 Å². The van der Waals surface area contributed by atoms with E-state index in [-0.39, 0.29) is 5.91 Å². The normalized spacial score (nSPS) is 16.6. The van der Waals surface area contributed by atoms with E-state index >= 15 is 0 Å². The number of allylic oxidation sites excluding steroid dienone is 1. The van der Waals surface area contributed by atoms with Crippen molar-refractivity contribution in [3.8, 4) is 5.75 Å². The molecular formula is C19H18FN3O2S. The van der Waals surface area contributed by atoms with Crippen molar-refractivity contribution in [2.45, 2.75) is 13.0 Å². The van der Waals surface area contributed by atoms with Gasteiger partial charge in [0, 0.05) is 16.9 Å². The standard InChI is InChI=1S/C19H18FN3O2S/c1-11-16(18(24)22-12-7-9-13(25-2)10-8-12)17(23-19(26)21-11)14-5-3-4-6-15(14)20/h3-10,17H,1-2H3,(H,22,24)(H2,21,23,26)/t17-/m0/s1. The topological polar surface area (TPSA) is 62.4 Å². The molecule has 1 amide bonds. The van der Waals surface area contributed by atoms with E-state index in [0.717, 1.165) is 0 Å². The first-order valence-electron chi connectivity index (χ1n) is 7.97. The molecule has 2 aromatic rings. The Hall–Kier alpha value is -2.93. The summed E-state index contributed by atoms with van der Waals surface area (Å²) < 4.78 is 19.4. The Kier molecular flexibility index (Phi) is 5.18. The van der Waals surface area contributed by atoms with Crippen LogP contribution in [0.2, 0.25) is 0 Å². The van der Waals surface area contributed by atoms with E-state index in [4.69, 9.17) is 17.0 Å². The zero-order valence-electron chi connectivity index (χ0n) is 14.3. The Morgan fingerprint density at radius 2 is 1.88 bits per heavy atom. The highest BCUT2D eigenvalue weighted by atomic mass is 32.1. The zero-order chi connectivity index (χ0) is 18.7. The summed E-state index contributed by atoms with van der Waals surface area (Å²) in [5.74, 6) is -0.0605. The van der Waals surface area contributed by atoms with Crippen LogP contribution in [0.4, 0.5) is 10.1 Å². The second-order valence-electron chi connectivity index (χ2n) is 5.77. The van der Waals surface area contributed by atoms with Gasteiger partial charge in [-0.25, -0.2) is 4.39 Å². The molecule has 0 aliphatic carbocycles. The number of hydrogen-bond acceptors (Lipinski definition) is 3. The average Bonchev–Trinajstić information content (AvgIpc) is 2.62. The summed E-state index contributed by atoms with van der Waals surface area (Å²) >= 11 is 5.18. The van der Waals surface area contributed by atoms with E-state index in [1.807, 2.05) is 0 Å². The Morgan fingerprint density at radius 3 is 2.54 bits per heavy atom. The van der Waals surface area contributed by atoms with Crippen molar-refractivity contribution in [3.63, 3.8) is 0 Å². The molecule has 1 heterocycles. The van der Waals surface area contributed by atoms with E-state index in [1.165, 1.54) is 6.07 Å². The fourth-order valence-corrected chi connectivity index (χ4v) is 3.08. The largest absolute Gasteiger partial charge is 0.497 e. The molecule has 2 aromatic carbocycles. The molecule has 134 valence electrons. The maximum atomic E-state index is 14.3. The van der Waals surface area contributed by atoms with Crippen LogP contribution in [0.25, 0.3) is 0 Å². The SMILES string of the molecule is COc1ccc(NC(=O)C2=C(C)NC(=S)N[C@H]2c2ccccc2F)cc1. The average molecular weight is 371 g/mol. The molecule has 7 heteroatoms. The van der Waals surface area contributed by atoms with Crippen molar-refractivity contribution in [3.05, 3.63) is 71.2 Å². The van der Waals surface area contributed by atoms with Gasteiger partial charge in [-0.3, -0.25) is 4.79 Å². The molecule has 0 bridgehead atoms. The van der Waals surface area contributed by atoms with Crippen molar-refractivity contribution >= 4 is 28.9 Å². The van der Waals surface area contributed by atoms with Gasteiger partial charge in [-0.05, 0) is 49.5 Å². The molecule has 0 aromatic heterocycles. The van der Waals surface area contributed by atoms with Crippen LogP contribution in [0.3, 0.4) is 0 Å². The van der Waals surface area contributed by atoms with E-state index in [9.17, 15) is 9.18 Å². The van der Waals surface area contributed by atoms with Crippen molar-refractivity contribution in [2.24, 2.45) is 0 Å². The van der Waals surface area contributed by atoms with Crippen molar-refractivity contribution in [1.29, 1.82) is 0 Å². The third-order valence-corrected chi connectivity index (χ3v) is 4.30. The van der Waals surface area contributed by atoms with E-state index in [0.29, 0.717) is 33.4 Å². The summed E-state index contributed by atoms with van der Waals surface area (Å²) in [4.78, 5) is 12.9. The molecule has 0 saturated heterocycles. The van der Waals surface area contributed by atoms with Crippen LogP contribution >= 0.6 is 12.2 Å². The van der Waals surface area contributed by atoms with E-state index in [2.05, 4.69) is 16.0 Å². The van der Waals surface area contributed by atoms with Crippen LogP contribution in [-0.4, -0.2) is 18.1 Å². The fourth-order valence-electron chi connectivity index (χ4n) is 2.81. The molecule has 0 saturated carbocycles. The van der Waals surface area contributed by atoms with E-state index < -0.39 is 11.9 Å². The summed E-state index contributed by atoms with van der Waals surface area (Å²) in [5, 5.41) is 9.08. The molecule has 5 nitrogen and oxygen atoms in total. The minimum Gasteiger partial charge on any atom is -0.497 e. The van der Waals surface area contributed by atoms with Crippen LogP contribution in [0.5, 0.6) is 5.75 Å². The summed E-state index contributed by atoms with van der Waals surface area (Å²) in [6.07, 6.45) is 0. The van der Waals surface area contributed by atoms with Gasteiger partial charge < -0.3 is 20.7 Å². The summed E-state index contributed by atoms with van der Waals surface area (Å²) in [6, 6.07) is 12.6. The molecule has 1 aliphatic rings. The summed E-state index contributed by atoms with van der Waals surface area (Å²) in [5.41, 5.74) is 1.92. The predicted molar refractivity (Wildman–Crippen MR) is 102 cm³/mol. The van der Waals surface area contributed by atoms with Crippen LogP contribution in [-0.2, 0) is 4.79 Å². The van der Waals surface area contributed by atoms with Gasteiger partial charge in [-0.15, -0.1) is 0 Å². The summed E-state index contributed by atoms with van der Waals surface area (Å²) in [6.45, 7) is 1.74. The lowest BCUT2D eigenvalue weighted by atomic mass is 9.94. The molecule has 3 rings (SSSR count). The van der Waals surface area contributed by atoms with Crippen molar-refractivity contribution in [1.82, 2.24) is 10.6 Å². The molecule has 0 spiro atoms. The van der Waals surface area contributed by atoms with Gasteiger partial charge in [0.15, 0.2) is 5.11 Å². The van der Waals surface area contributed by atoms with Crippen molar-refractivity contribution in [2.75, 3.05) is 12.4 Å². The number of carbonyl (C=O) groups excluding carboxylic acids is 1. The number of anilines is 1. The number of hydrogen-bond donors (Lipinski definition) is 3. The molecular weight excluding hydrogens is 353 g/mol. The smallest absolute Gasteiger partial charge is 0.255 e.